The lowest BCUT2D eigenvalue weighted by Gasteiger charge is -2.39. The summed E-state index contributed by atoms with van der Waals surface area (Å²) in [7, 11) is 0. The molecule has 0 fully saturated rings. The highest BCUT2D eigenvalue weighted by Crippen LogP contribution is 2.48. The Hall–Kier alpha value is -3.61. The summed E-state index contributed by atoms with van der Waals surface area (Å²) < 4.78 is 24.7. The van der Waals surface area contributed by atoms with Gasteiger partial charge in [-0.25, -0.2) is 4.39 Å². The third-order valence-corrected chi connectivity index (χ3v) is 6.30. The minimum atomic E-state index is -0.576. The molecular formula is C26H25FN2O4. The summed E-state index contributed by atoms with van der Waals surface area (Å²) in [6.45, 7) is 6.10. The van der Waals surface area contributed by atoms with Gasteiger partial charge >= 0.3 is 0 Å². The first-order valence-corrected chi connectivity index (χ1v) is 10.9. The molecule has 0 spiro atoms. The molecule has 0 saturated heterocycles. The van der Waals surface area contributed by atoms with E-state index in [0.29, 0.717) is 46.9 Å². The molecule has 3 aliphatic rings. The Morgan fingerprint density at radius 2 is 1.91 bits per heavy atom. The van der Waals surface area contributed by atoms with Crippen molar-refractivity contribution in [2.24, 2.45) is 5.41 Å². The Bertz CT molecular complexity index is 1240. The molecule has 1 aliphatic carbocycles. The standard InChI is InChI=1S/C26H25FN2O4/c1-14-22(25(31)29-17-6-4-5-16(27)10-17)23(15-7-8-20-21(9-15)33-13-32-20)24-18(28-14)11-26(2,3)12-19(24)30/h4-10,23,28H,11-13H2,1-3H3,(H,29,31). The number of carbonyl (C=O) groups excluding carboxylic acids is 2. The Balaban J connectivity index is 1.61. The molecule has 2 N–H and O–H groups in total. The minimum Gasteiger partial charge on any atom is -0.454 e. The third-order valence-electron chi connectivity index (χ3n) is 6.30. The molecule has 6 nitrogen and oxygen atoms in total. The number of amides is 1. The molecule has 2 aliphatic heterocycles. The summed E-state index contributed by atoms with van der Waals surface area (Å²) in [6.07, 6.45) is 1.09. The molecule has 170 valence electrons. The second-order valence-electron chi connectivity index (χ2n) is 9.51. The van der Waals surface area contributed by atoms with Crippen molar-refractivity contribution in [3.05, 3.63) is 76.4 Å². The van der Waals surface area contributed by atoms with E-state index in [4.69, 9.17) is 9.47 Å². The molecule has 1 amide bonds. The fraction of sp³-hybridized carbons (Fsp3) is 0.308. The number of Topliss-reactive ketones (excluding diaryl/α,β-unsaturated/α-hetero) is 1. The van der Waals surface area contributed by atoms with Gasteiger partial charge in [-0.3, -0.25) is 9.59 Å². The average Bonchev–Trinajstić information content (AvgIpc) is 3.19. The van der Waals surface area contributed by atoms with Gasteiger partial charge in [-0.15, -0.1) is 0 Å². The van der Waals surface area contributed by atoms with Crippen molar-refractivity contribution in [1.29, 1.82) is 0 Å². The third kappa shape index (κ3) is 3.88. The Morgan fingerprint density at radius 1 is 1.12 bits per heavy atom. The second kappa shape index (κ2) is 7.76. The van der Waals surface area contributed by atoms with Gasteiger partial charge in [0, 0.05) is 40.6 Å². The topological polar surface area (TPSA) is 76.7 Å². The monoisotopic (exact) mass is 448 g/mol. The van der Waals surface area contributed by atoms with E-state index in [-0.39, 0.29) is 18.0 Å². The number of fused-ring (bicyclic) bond motifs is 1. The number of ether oxygens (including phenoxy) is 2. The van der Waals surface area contributed by atoms with Gasteiger partial charge in [0.25, 0.3) is 5.91 Å². The maximum Gasteiger partial charge on any atom is 0.254 e. The van der Waals surface area contributed by atoms with E-state index in [0.717, 1.165) is 11.3 Å². The van der Waals surface area contributed by atoms with E-state index in [9.17, 15) is 14.0 Å². The summed E-state index contributed by atoms with van der Waals surface area (Å²) in [5.41, 5.74) is 3.47. The first-order valence-electron chi connectivity index (χ1n) is 10.9. The number of hydrogen-bond acceptors (Lipinski definition) is 5. The van der Waals surface area contributed by atoms with Crippen molar-refractivity contribution in [2.45, 2.75) is 39.5 Å². The van der Waals surface area contributed by atoms with Crippen LogP contribution in [-0.4, -0.2) is 18.5 Å². The van der Waals surface area contributed by atoms with E-state index in [1.807, 2.05) is 19.1 Å². The first kappa shape index (κ1) is 21.2. The number of rotatable bonds is 3. The van der Waals surface area contributed by atoms with Crippen LogP contribution in [0.3, 0.4) is 0 Å². The number of anilines is 1. The fourth-order valence-corrected chi connectivity index (χ4v) is 4.93. The van der Waals surface area contributed by atoms with Crippen LogP contribution in [0.15, 0.2) is 65.0 Å². The second-order valence-corrected chi connectivity index (χ2v) is 9.51. The van der Waals surface area contributed by atoms with Crippen molar-refractivity contribution in [1.82, 2.24) is 5.32 Å². The highest BCUT2D eigenvalue weighted by Gasteiger charge is 2.43. The van der Waals surface area contributed by atoms with Crippen LogP contribution in [0.2, 0.25) is 0 Å². The number of nitrogens with one attached hydrogen (secondary N) is 2. The lowest BCUT2D eigenvalue weighted by atomic mass is 9.68. The van der Waals surface area contributed by atoms with Gasteiger partial charge in [0.1, 0.15) is 5.82 Å². The normalized spacial score (nSPS) is 21.0. The SMILES string of the molecule is CC1=C(C(=O)Nc2cccc(F)c2)C(c2ccc3c(c2)OCO3)C2=C(CC(C)(C)CC2=O)N1. The Kier molecular flexibility index (Phi) is 5.00. The Morgan fingerprint density at radius 3 is 2.70 bits per heavy atom. The molecular weight excluding hydrogens is 423 g/mol. The molecule has 1 unspecified atom stereocenters. The van der Waals surface area contributed by atoms with Crippen LogP contribution >= 0.6 is 0 Å². The van der Waals surface area contributed by atoms with Crippen LogP contribution in [0.5, 0.6) is 11.5 Å². The molecule has 0 saturated carbocycles. The summed E-state index contributed by atoms with van der Waals surface area (Å²) in [4.78, 5) is 26.9. The van der Waals surface area contributed by atoms with Gasteiger partial charge in [-0.1, -0.05) is 26.0 Å². The van der Waals surface area contributed by atoms with Gasteiger partial charge in [-0.05, 0) is 54.7 Å². The molecule has 2 heterocycles. The summed E-state index contributed by atoms with van der Waals surface area (Å²) >= 11 is 0. The number of ketones is 1. The van der Waals surface area contributed by atoms with Crippen molar-refractivity contribution in [3.63, 3.8) is 0 Å². The summed E-state index contributed by atoms with van der Waals surface area (Å²) in [5, 5.41) is 6.13. The zero-order valence-electron chi connectivity index (χ0n) is 18.8. The minimum absolute atomic E-state index is 0.0139. The molecule has 0 aromatic heterocycles. The zero-order valence-corrected chi connectivity index (χ0v) is 18.8. The summed E-state index contributed by atoms with van der Waals surface area (Å²) in [6, 6.07) is 11.2. The molecule has 2 aromatic carbocycles. The lowest BCUT2D eigenvalue weighted by molar-refractivity contribution is -0.118. The van der Waals surface area contributed by atoms with Crippen LogP contribution in [-0.2, 0) is 9.59 Å². The molecule has 7 heteroatoms. The van der Waals surface area contributed by atoms with Gasteiger partial charge < -0.3 is 20.1 Å². The maximum atomic E-state index is 13.7. The molecule has 33 heavy (non-hydrogen) atoms. The Labute approximate surface area is 191 Å². The molecule has 1 atom stereocenters. The highest BCUT2D eigenvalue weighted by molar-refractivity contribution is 6.10. The van der Waals surface area contributed by atoms with Crippen LogP contribution in [0.4, 0.5) is 10.1 Å². The van der Waals surface area contributed by atoms with Crippen molar-refractivity contribution >= 4 is 17.4 Å². The number of halogens is 1. The smallest absolute Gasteiger partial charge is 0.254 e. The van der Waals surface area contributed by atoms with E-state index < -0.39 is 17.6 Å². The predicted octanol–water partition coefficient (Wildman–Crippen LogP) is 4.80. The number of benzene rings is 2. The number of hydrogen-bond donors (Lipinski definition) is 2. The van der Waals surface area contributed by atoms with Gasteiger partial charge in [0.15, 0.2) is 17.3 Å². The molecule has 5 rings (SSSR count). The van der Waals surface area contributed by atoms with Crippen LogP contribution in [0.25, 0.3) is 0 Å². The number of allylic oxidation sites excluding steroid dienone is 3. The molecule has 0 radical (unpaired) electrons. The maximum absolute atomic E-state index is 13.7. The van der Waals surface area contributed by atoms with Crippen molar-refractivity contribution < 1.29 is 23.5 Å². The number of dihydropyridines is 1. The van der Waals surface area contributed by atoms with E-state index in [1.54, 1.807) is 12.1 Å². The quantitative estimate of drug-likeness (QED) is 0.706. The van der Waals surface area contributed by atoms with Crippen molar-refractivity contribution in [3.8, 4) is 11.5 Å². The van der Waals surface area contributed by atoms with Gasteiger partial charge in [0.05, 0.1) is 0 Å². The molecule has 2 aromatic rings. The van der Waals surface area contributed by atoms with Gasteiger partial charge in [0.2, 0.25) is 6.79 Å². The number of carbonyl (C=O) groups is 2. The zero-order chi connectivity index (χ0) is 23.3. The summed E-state index contributed by atoms with van der Waals surface area (Å²) in [5.74, 6) is -0.184. The van der Waals surface area contributed by atoms with Crippen LogP contribution in [0.1, 0.15) is 45.1 Å². The van der Waals surface area contributed by atoms with Gasteiger partial charge in [-0.2, -0.15) is 0 Å². The van der Waals surface area contributed by atoms with E-state index in [2.05, 4.69) is 24.5 Å². The van der Waals surface area contributed by atoms with Crippen molar-refractivity contribution in [2.75, 3.05) is 12.1 Å². The van der Waals surface area contributed by atoms with Crippen LogP contribution in [0, 0.1) is 11.2 Å². The van der Waals surface area contributed by atoms with E-state index >= 15 is 0 Å². The molecule has 0 bridgehead atoms. The average molecular weight is 448 g/mol. The fourth-order valence-electron chi connectivity index (χ4n) is 4.93. The lowest BCUT2D eigenvalue weighted by Crippen LogP contribution is -2.39. The highest BCUT2D eigenvalue weighted by atomic mass is 19.1. The first-order chi connectivity index (χ1) is 15.7. The van der Waals surface area contributed by atoms with Crippen LogP contribution < -0.4 is 20.1 Å². The van der Waals surface area contributed by atoms with E-state index in [1.165, 1.54) is 18.2 Å². The predicted molar refractivity (Wildman–Crippen MR) is 121 cm³/mol. The largest absolute Gasteiger partial charge is 0.454 e.